The fourth-order valence-electron chi connectivity index (χ4n) is 0. The van der Waals surface area contributed by atoms with Crippen molar-refractivity contribution in [3.8, 4) is 0 Å². The van der Waals surface area contributed by atoms with Gasteiger partial charge in [0.05, 0.1) is 0 Å². The summed E-state index contributed by atoms with van der Waals surface area (Å²) in [6, 6.07) is 0. The van der Waals surface area contributed by atoms with Gasteiger partial charge in [-0.25, -0.2) is 13.3 Å². The van der Waals surface area contributed by atoms with E-state index in [1.165, 1.54) is 0 Å². The van der Waals surface area contributed by atoms with Gasteiger partial charge in [-0.15, -0.1) is 0 Å². The minimum Gasteiger partial charge on any atom is -0.303 e. The summed E-state index contributed by atoms with van der Waals surface area (Å²) in [6.45, 7) is 0. The van der Waals surface area contributed by atoms with E-state index in [-0.39, 0.29) is 12.7 Å². The van der Waals surface area contributed by atoms with Crippen LogP contribution in [0.2, 0.25) is 0 Å². The molecule has 0 atom stereocenters. The zero-order chi connectivity index (χ0) is 7.91. The summed E-state index contributed by atoms with van der Waals surface area (Å²) in [5.74, 6) is 0. The van der Waals surface area contributed by atoms with E-state index < -0.39 is 7.82 Å². The zero-order valence-corrected chi connectivity index (χ0v) is 5.00. The van der Waals surface area contributed by atoms with Crippen LogP contribution in [0.25, 0.3) is 0 Å². The first-order valence-corrected chi connectivity index (χ1v) is 3.12. The summed E-state index contributed by atoms with van der Waals surface area (Å²) in [4.78, 5) is 21.6. The molecule has 0 rings (SSSR count). The van der Waals surface area contributed by atoms with Crippen molar-refractivity contribution in [1.82, 2.24) is 0 Å². The summed E-state index contributed by atoms with van der Waals surface area (Å²) in [7, 11) is -4.64. The van der Waals surface area contributed by atoms with Crippen molar-refractivity contribution in [1.29, 1.82) is 0 Å². The Morgan fingerprint density at radius 1 is 1.11 bits per heavy atom. The normalized spacial score (nSPS) is 10.8. The van der Waals surface area contributed by atoms with Gasteiger partial charge in [0, 0.05) is 0 Å². The van der Waals surface area contributed by atoms with E-state index in [4.69, 9.17) is 19.2 Å². The number of hydrogen-bond acceptors (Lipinski definition) is 1. The second kappa shape index (κ2) is 5.84. The molecule has 0 radical (unpaired) electrons. The van der Waals surface area contributed by atoms with Crippen LogP contribution in [0.1, 0.15) is 0 Å². The van der Waals surface area contributed by atoms with Crippen molar-refractivity contribution in [3.63, 3.8) is 0 Å². The molecule has 0 aliphatic carbocycles. The third kappa shape index (κ3) is 499. The minimum absolute atomic E-state index is 0.167. The van der Waals surface area contributed by atoms with Crippen LogP contribution in [0.15, 0.2) is 12.7 Å². The Morgan fingerprint density at radius 3 is 1.22 bits per heavy atom. The Balaban J connectivity index is 0. The van der Waals surface area contributed by atoms with Gasteiger partial charge < -0.3 is 14.7 Å². The summed E-state index contributed by atoms with van der Waals surface area (Å²) < 4.78 is 29.2. The highest BCUT2D eigenvalue weighted by atomic mass is 31.2. The smallest absolute Gasteiger partial charge is 0.303 e. The molecule has 0 aliphatic rings. The van der Waals surface area contributed by atoms with E-state index in [1.54, 1.807) is 0 Å². The summed E-state index contributed by atoms with van der Waals surface area (Å²) in [6.07, 6.45) is -0.333. The zero-order valence-electron chi connectivity index (χ0n) is 4.11. The predicted octanol–water partition coefficient (Wildman–Crippen LogP) is 0.468. The third-order valence-corrected chi connectivity index (χ3v) is 0.0476. The van der Waals surface area contributed by atoms with Crippen molar-refractivity contribution >= 4 is 7.82 Å². The Kier molecular flexibility index (Phi) is 7.46. The molecule has 0 saturated heterocycles. The standard InChI is InChI=1S/C2H2F2.H3O4P/c3-1-2-4;1-5(2,3)4/h1-2H;(H3,1,2,3,4). The SMILES string of the molecule is FC=CF.O=P(O)(O)O. The van der Waals surface area contributed by atoms with Crippen LogP contribution >= 0.6 is 7.82 Å². The largest absolute Gasteiger partial charge is 0.466 e. The lowest BCUT2D eigenvalue weighted by Gasteiger charge is -1.82. The molecule has 0 aromatic carbocycles. The third-order valence-electron chi connectivity index (χ3n) is 0.0476. The molecule has 0 heterocycles. The van der Waals surface area contributed by atoms with Crippen LogP contribution in [0.5, 0.6) is 0 Å². The Morgan fingerprint density at radius 2 is 1.22 bits per heavy atom. The van der Waals surface area contributed by atoms with E-state index in [0.29, 0.717) is 0 Å². The van der Waals surface area contributed by atoms with E-state index in [2.05, 4.69) is 0 Å². The Hall–Kier alpha value is -0.290. The van der Waals surface area contributed by atoms with Crippen LogP contribution in [-0.4, -0.2) is 14.7 Å². The highest BCUT2D eigenvalue weighted by Gasteiger charge is 2.00. The molecule has 9 heavy (non-hydrogen) atoms. The molecule has 0 aromatic heterocycles. The molecule has 0 aromatic rings. The molecule has 7 heteroatoms. The molecule has 4 nitrogen and oxygen atoms in total. The van der Waals surface area contributed by atoms with Gasteiger partial charge in [-0.1, -0.05) is 0 Å². The summed E-state index contributed by atoms with van der Waals surface area (Å²) in [5, 5.41) is 0. The number of phosphoric acid groups is 1. The molecule has 0 bridgehead atoms. The molecule has 0 saturated carbocycles. The van der Waals surface area contributed by atoms with Gasteiger partial charge in [-0.3, -0.25) is 0 Å². The van der Waals surface area contributed by atoms with Crippen LogP contribution in [-0.2, 0) is 4.57 Å². The molecule has 0 spiro atoms. The van der Waals surface area contributed by atoms with Crippen molar-refractivity contribution in [2.24, 2.45) is 0 Å². The molecular weight excluding hydrogens is 157 g/mol. The van der Waals surface area contributed by atoms with Gasteiger partial charge in [-0.05, 0) is 0 Å². The maximum Gasteiger partial charge on any atom is 0.466 e. The van der Waals surface area contributed by atoms with Gasteiger partial charge in [0.2, 0.25) is 0 Å². The first-order valence-electron chi connectivity index (χ1n) is 1.55. The molecule has 0 aliphatic heterocycles. The topological polar surface area (TPSA) is 77.8 Å². The maximum atomic E-state index is 10.2. The number of rotatable bonds is 0. The van der Waals surface area contributed by atoms with E-state index in [0.717, 1.165) is 0 Å². The van der Waals surface area contributed by atoms with Gasteiger partial charge in [0.15, 0.2) is 0 Å². The predicted molar refractivity (Wildman–Crippen MR) is 25.6 cm³/mol. The molecule has 0 fully saturated rings. The minimum atomic E-state index is -4.64. The van der Waals surface area contributed by atoms with Crippen LogP contribution < -0.4 is 0 Å². The first-order chi connectivity index (χ1) is 3.91. The van der Waals surface area contributed by atoms with Crippen LogP contribution in [0, 0.1) is 0 Å². The summed E-state index contributed by atoms with van der Waals surface area (Å²) in [5.41, 5.74) is 0. The maximum absolute atomic E-state index is 10.2. The number of halogens is 2. The second-order valence-electron chi connectivity index (χ2n) is 0.765. The van der Waals surface area contributed by atoms with Gasteiger partial charge in [0.25, 0.3) is 0 Å². The average molecular weight is 162 g/mol. The lowest BCUT2D eigenvalue weighted by Crippen LogP contribution is -1.66. The molecular formula is C2H5F2O4P. The molecule has 0 unspecified atom stereocenters. The van der Waals surface area contributed by atoms with Gasteiger partial charge >= 0.3 is 7.82 Å². The van der Waals surface area contributed by atoms with E-state index in [1.807, 2.05) is 0 Å². The molecule has 0 amide bonds. The lowest BCUT2D eigenvalue weighted by molar-refractivity contribution is 0.275. The Bertz CT molecular complexity index is 105. The van der Waals surface area contributed by atoms with Crippen LogP contribution in [0.3, 0.4) is 0 Å². The van der Waals surface area contributed by atoms with E-state index >= 15 is 0 Å². The van der Waals surface area contributed by atoms with Crippen molar-refractivity contribution in [3.05, 3.63) is 12.7 Å². The second-order valence-corrected chi connectivity index (χ2v) is 1.79. The average Bonchev–Trinajstić information content (AvgIpc) is 1.61. The van der Waals surface area contributed by atoms with Crippen LogP contribution in [0.4, 0.5) is 8.78 Å². The van der Waals surface area contributed by atoms with Gasteiger partial charge in [-0.2, -0.15) is 0 Å². The van der Waals surface area contributed by atoms with Crippen molar-refractivity contribution in [2.75, 3.05) is 0 Å². The fourth-order valence-corrected chi connectivity index (χ4v) is 0. The summed E-state index contributed by atoms with van der Waals surface area (Å²) >= 11 is 0. The molecule has 56 valence electrons. The van der Waals surface area contributed by atoms with Crippen molar-refractivity contribution in [2.45, 2.75) is 0 Å². The lowest BCUT2D eigenvalue weighted by atomic mass is 11.2. The highest BCUT2D eigenvalue weighted by molar-refractivity contribution is 7.45. The molecule has 3 N–H and O–H groups in total. The van der Waals surface area contributed by atoms with E-state index in [9.17, 15) is 8.78 Å². The quantitative estimate of drug-likeness (QED) is 0.452. The fraction of sp³-hybridized carbons (Fsp3) is 0. The first kappa shape index (κ1) is 11.5. The highest BCUT2D eigenvalue weighted by Crippen LogP contribution is 2.25. The number of hydrogen-bond donors (Lipinski definition) is 3. The van der Waals surface area contributed by atoms with Crippen molar-refractivity contribution < 1.29 is 28.0 Å². The Labute approximate surface area is 49.7 Å². The monoisotopic (exact) mass is 162 g/mol. The van der Waals surface area contributed by atoms with Gasteiger partial charge in [0.1, 0.15) is 12.7 Å².